The highest BCUT2D eigenvalue weighted by Gasteiger charge is 2.18. The molecule has 0 amide bonds. The SMILES string of the molecule is CCNC(C)(C)COC(F)F. The Morgan fingerprint density at radius 3 is 2.36 bits per heavy atom. The summed E-state index contributed by atoms with van der Waals surface area (Å²) in [4.78, 5) is 0. The smallest absolute Gasteiger partial charge is 0.321 e. The molecule has 2 nitrogen and oxygen atoms in total. The first-order valence-electron chi connectivity index (χ1n) is 3.63. The van der Waals surface area contributed by atoms with Gasteiger partial charge in [0.1, 0.15) is 0 Å². The van der Waals surface area contributed by atoms with Crippen LogP contribution >= 0.6 is 0 Å². The summed E-state index contributed by atoms with van der Waals surface area (Å²) in [5.41, 5.74) is -0.370. The van der Waals surface area contributed by atoms with Gasteiger partial charge in [-0.25, -0.2) is 0 Å². The Kier molecular flexibility index (Phi) is 4.52. The third kappa shape index (κ3) is 6.19. The van der Waals surface area contributed by atoms with Crippen molar-refractivity contribution in [2.45, 2.75) is 32.9 Å². The van der Waals surface area contributed by atoms with Crippen molar-refractivity contribution in [3.63, 3.8) is 0 Å². The number of nitrogens with one attached hydrogen (secondary N) is 1. The van der Waals surface area contributed by atoms with Gasteiger partial charge in [-0.15, -0.1) is 0 Å². The van der Waals surface area contributed by atoms with Gasteiger partial charge < -0.3 is 10.1 Å². The van der Waals surface area contributed by atoms with Gasteiger partial charge in [0.25, 0.3) is 0 Å². The van der Waals surface area contributed by atoms with Crippen molar-refractivity contribution in [2.24, 2.45) is 0 Å². The highest BCUT2D eigenvalue weighted by Crippen LogP contribution is 2.05. The minimum Gasteiger partial charge on any atom is -0.321 e. The topological polar surface area (TPSA) is 21.3 Å². The fourth-order valence-corrected chi connectivity index (χ4v) is 0.801. The molecule has 4 heteroatoms. The van der Waals surface area contributed by atoms with E-state index in [4.69, 9.17) is 0 Å². The highest BCUT2D eigenvalue weighted by molar-refractivity contribution is 4.75. The summed E-state index contributed by atoms with van der Waals surface area (Å²) < 4.78 is 27.3. The van der Waals surface area contributed by atoms with Gasteiger partial charge in [0.05, 0.1) is 6.61 Å². The lowest BCUT2D eigenvalue weighted by molar-refractivity contribution is -0.141. The molecule has 0 saturated carbocycles. The molecule has 0 aliphatic carbocycles. The molecule has 0 unspecified atom stereocenters. The van der Waals surface area contributed by atoms with Crippen molar-refractivity contribution >= 4 is 0 Å². The van der Waals surface area contributed by atoms with Crippen LogP contribution in [0.5, 0.6) is 0 Å². The van der Waals surface area contributed by atoms with Crippen LogP contribution in [-0.4, -0.2) is 25.3 Å². The molecule has 11 heavy (non-hydrogen) atoms. The molecular weight excluding hydrogens is 152 g/mol. The molecule has 0 aliphatic heterocycles. The summed E-state index contributed by atoms with van der Waals surface area (Å²) in [6, 6.07) is 0. The minimum absolute atomic E-state index is 0.0263. The van der Waals surface area contributed by atoms with Crippen LogP contribution in [0.15, 0.2) is 0 Å². The van der Waals surface area contributed by atoms with Crippen molar-refractivity contribution in [2.75, 3.05) is 13.2 Å². The maximum absolute atomic E-state index is 11.6. The molecule has 0 aromatic rings. The van der Waals surface area contributed by atoms with E-state index in [1.165, 1.54) is 0 Å². The number of ether oxygens (including phenoxy) is 1. The van der Waals surface area contributed by atoms with E-state index in [0.29, 0.717) is 0 Å². The Balaban J connectivity index is 3.54. The lowest BCUT2D eigenvalue weighted by Crippen LogP contribution is -2.43. The lowest BCUT2D eigenvalue weighted by atomic mass is 10.1. The Hall–Kier alpha value is -0.220. The first-order chi connectivity index (χ1) is 4.98. The zero-order valence-electron chi connectivity index (χ0n) is 7.16. The maximum Gasteiger partial charge on any atom is 0.345 e. The summed E-state index contributed by atoms with van der Waals surface area (Å²) in [7, 11) is 0. The molecule has 0 aromatic carbocycles. The van der Waals surface area contributed by atoms with Gasteiger partial charge >= 0.3 is 6.61 Å². The molecule has 0 saturated heterocycles. The molecule has 1 N–H and O–H groups in total. The predicted molar refractivity (Wildman–Crippen MR) is 39.7 cm³/mol. The lowest BCUT2D eigenvalue weighted by Gasteiger charge is -2.24. The predicted octanol–water partition coefficient (Wildman–Crippen LogP) is 1.61. The quantitative estimate of drug-likeness (QED) is 0.671. The molecule has 0 rings (SSSR count). The summed E-state index contributed by atoms with van der Waals surface area (Å²) in [6.45, 7) is 3.66. The van der Waals surface area contributed by atoms with E-state index >= 15 is 0 Å². The van der Waals surface area contributed by atoms with Crippen molar-refractivity contribution in [1.82, 2.24) is 5.32 Å². The van der Waals surface area contributed by atoms with Crippen LogP contribution in [0.1, 0.15) is 20.8 Å². The van der Waals surface area contributed by atoms with Gasteiger partial charge in [-0.05, 0) is 20.4 Å². The van der Waals surface area contributed by atoms with Crippen LogP contribution in [0.4, 0.5) is 8.78 Å². The van der Waals surface area contributed by atoms with E-state index in [9.17, 15) is 8.78 Å². The number of likely N-dealkylation sites (N-methyl/N-ethyl adjacent to an activating group) is 1. The molecule has 0 fully saturated rings. The van der Waals surface area contributed by atoms with Crippen LogP contribution in [0.2, 0.25) is 0 Å². The molecule has 0 radical (unpaired) electrons. The Bertz CT molecular complexity index is 107. The van der Waals surface area contributed by atoms with Gasteiger partial charge in [-0.3, -0.25) is 0 Å². The summed E-state index contributed by atoms with van der Waals surface area (Å²) >= 11 is 0. The van der Waals surface area contributed by atoms with Crippen LogP contribution in [-0.2, 0) is 4.74 Å². The third-order valence-electron chi connectivity index (χ3n) is 1.23. The van der Waals surface area contributed by atoms with Gasteiger partial charge in [-0.1, -0.05) is 6.92 Å². The van der Waals surface area contributed by atoms with E-state index in [-0.39, 0.29) is 12.1 Å². The second kappa shape index (κ2) is 4.62. The summed E-state index contributed by atoms with van der Waals surface area (Å²) in [6.07, 6.45) is 0. The average Bonchev–Trinajstić information content (AvgIpc) is 1.84. The highest BCUT2D eigenvalue weighted by atomic mass is 19.3. The third-order valence-corrected chi connectivity index (χ3v) is 1.23. The Morgan fingerprint density at radius 1 is 1.45 bits per heavy atom. The first-order valence-corrected chi connectivity index (χ1v) is 3.63. The van der Waals surface area contributed by atoms with E-state index < -0.39 is 6.61 Å². The summed E-state index contributed by atoms with van der Waals surface area (Å²) in [5.74, 6) is 0. The minimum atomic E-state index is -2.67. The normalized spacial score (nSPS) is 12.5. The Morgan fingerprint density at radius 2 is 2.00 bits per heavy atom. The number of rotatable bonds is 5. The van der Waals surface area contributed by atoms with Gasteiger partial charge in [0.2, 0.25) is 0 Å². The van der Waals surface area contributed by atoms with E-state index in [2.05, 4.69) is 10.1 Å². The van der Waals surface area contributed by atoms with Crippen LogP contribution in [0.3, 0.4) is 0 Å². The maximum atomic E-state index is 11.6. The van der Waals surface area contributed by atoms with Gasteiger partial charge in [0.15, 0.2) is 0 Å². The van der Waals surface area contributed by atoms with E-state index in [1.807, 2.05) is 20.8 Å². The zero-order chi connectivity index (χ0) is 8.91. The molecule has 0 bridgehead atoms. The number of hydrogen-bond acceptors (Lipinski definition) is 2. The number of hydrogen-bond donors (Lipinski definition) is 1. The van der Waals surface area contributed by atoms with Crippen LogP contribution in [0, 0.1) is 0 Å². The first kappa shape index (κ1) is 10.8. The number of halogens is 2. The standard InChI is InChI=1S/C7H15F2NO/c1-4-10-7(2,3)5-11-6(8)9/h6,10H,4-5H2,1-3H3. The average molecular weight is 167 g/mol. The second-order valence-electron chi connectivity index (χ2n) is 2.99. The zero-order valence-corrected chi connectivity index (χ0v) is 7.16. The van der Waals surface area contributed by atoms with Gasteiger partial charge in [0, 0.05) is 5.54 Å². The monoisotopic (exact) mass is 167 g/mol. The molecule has 0 spiro atoms. The van der Waals surface area contributed by atoms with Crippen molar-refractivity contribution in [3.05, 3.63) is 0 Å². The second-order valence-corrected chi connectivity index (χ2v) is 2.99. The van der Waals surface area contributed by atoms with Crippen molar-refractivity contribution < 1.29 is 13.5 Å². The largest absolute Gasteiger partial charge is 0.345 e. The van der Waals surface area contributed by atoms with Crippen LogP contribution < -0.4 is 5.32 Å². The Labute approximate surface area is 65.9 Å². The fraction of sp³-hybridized carbons (Fsp3) is 1.00. The van der Waals surface area contributed by atoms with Crippen molar-refractivity contribution in [3.8, 4) is 0 Å². The van der Waals surface area contributed by atoms with E-state index in [1.54, 1.807) is 0 Å². The molecule has 0 aliphatic rings. The number of alkyl halides is 2. The molecule has 68 valence electrons. The molecule has 0 aromatic heterocycles. The van der Waals surface area contributed by atoms with Crippen molar-refractivity contribution in [1.29, 1.82) is 0 Å². The fourth-order valence-electron chi connectivity index (χ4n) is 0.801. The molecule has 0 heterocycles. The summed E-state index contributed by atoms with van der Waals surface area (Å²) in [5, 5.41) is 3.02. The van der Waals surface area contributed by atoms with Gasteiger partial charge in [-0.2, -0.15) is 8.78 Å². The van der Waals surface area contributed by atoms with Crippen LogP contribution in [0.25, 0.3) is 0 Å². The molecule has 0 atom stereocenters. The van der Waals surface area contributed by atoms with E-state index in [0.717, 1.165) is 6.54 Å². The molecular formula is C7H15F2NO.